The summed E-state index contributed by atoms with van der Waals surface area (Å²) in [5, 5.41) is 9.06. The smallest absolute Gasteiger partial charge is 0.321 e. The minimum absolute atomic E-state index is 0.242. The average Bonchev–Trinajstić information content (AvgIpc) is 2.04. The van der Waals surface area contributed by atoms with Gasteiger partial charge in [0, 0.05) is 0 Å². The maximum Gasteiger partial charge on any atom is 0.321 e. The summed E-state index contributed by atoms with van der Waals surface area (Å²) in [5.41, 5.74) is 0. The summed E-state index contributed by atoms with van der Waals surface area (Å²) in [6.45, 7) is 6.01. The Hall–Kier alpha value is -0.570. The fourth-order valence-corrected chi connectivity index (χ4v) is 2.21. The van der Waals surface area contributed by atoms with Gasteiger partial charge in [-0.05, 0) is 38.3 Å². The number of hydrogen-bond acceptors (Lipinski definition) is 2. The van der Waals surface area contributed by atoms with Gasteiger partial charge in [0.2, 0.25) is 0 Å². The Kier molecular flexibility index (Phi) is 3.72. The van der Waals surface area contributed by atoms with Crippen molar-refractivity contribution in [2.24, 2.45) is 5.92 Å². The van der Waals surface area contributed by atoms with E-state index in [2.05, 4.69) is 11.8 Å². The molecule has 0 bridgehead atoms. The van der Waals surface area contributed by atoms with E-state index in [-0.39, 0.29) is 6.04 Å². The molecule has 0 aromatic rings. The van der Waals surface area contributed by atoms with Crippen LogP contribution in [0.25, 0.3) is 0 Å². The highest BCUT2D eigenvalue weighted by Crippen LogP contribution is 2.23. The van der Waals surface area contributed by atoms with Crippen molar-refractivity contribution in [1.29, 1.82) is 0 Å². The molecule has 1 N–H and O–H groups in total. The van der Waals surface area contributed by atoms with E-state index in [1.54, 1.807) is 0 Å². The van der Waals surface area contributed by atoms with Crippen LogP contribution >= 0.6 is 0 Å². The topological polar surface area (TPSA) is 40.5 Å². The van der Waals surface area contributed by atoms with E-state index < -0.39 is 5.97 Å². The van der Waals surface area contributed by atoms with E-state index >= 15 is 0 Å². The van der Waals surface area contributed by atoms with Crippen LogP contribution in [-0.4, -0.2) is 35.1 Å². The van der Waals surface area contributed by atoms with E-state index in [1.165, 1.54) is 0 Å². The van der Waals surface area contributed by atoms with Gasteiger partial charge < -0.3 is 5.11 Å². The molecule has 0 amide bonds. The predicted molar refractivity (Wildman–Crippen MR) is 51.7 cm³/mol. The van der Waals surface area contributed by atoms with Crippen LogP contribution in [0.2, 0.25) is 0 Å². The normalized spacial score (nSPS) is 30.3. The Morgan fingerprint density at radius 2 is 2.31 bits per heavy atom. The molecule has 2 unspecified atom stereocenters. The average molecular weight is 185 g/mol. The van der Waals surface area contributed by atoms with E-state index in [1.807, 2.05) is 6.92 Å². The highest BCUT2D eigenvalue weighted by molar-refractivity contribution is 5.74. The van der Waals surface area contributed by atoms with Gasteiger partial charge in [0.25, 0.3) is 0 Å². The van der Waals surface area contributed by atoms with Gasteiger partial charge >= 0.3 is 5.97 Å². The minimum Gasteiger partial charge on any atom is -0.480 e. The van der Waals surface area contributed by atoms with Gasteiger partial charge in [0.15, 0.2) is 0 Å². The van der Waals surface area contributed by atoms with Crippen LogP contribution in [-0.2, 0) is 4.79 Å². The quantitative estimate of drug-likeness (QED) is 0.725. The second kappa shape index (κ2) is 4.61. The van der Waals surface area contributed by atoms with E-state index in [9.17, 15) is 4.79 Å². The molecule has 1 aliphatic heterocycles. The van der Waals surface area contributed by atoms with E-state index in [4.69, 9.17) is 5.11 Å². The summed E-state index contributed by atoms with van der Waals surface area (Å²) in [7, 11) is 0. The Morgan fingerprint density at radius 1 is 1.62 bits per heavy atom. The fraction of sp³-hybridized carbons (Fsp3) is 0.900. The van der Waals surface area contributed by atoms with Crippen molar-refractivity contribution in [2.75, 3.05) is 13.1 Å². The van der Waals surface area contributed by atoms with Crippen molar-refractivity contribution < 1.29 is 9.90 Å². The SMILES string of the molecule is CCCN1CCCC(C)C1C(=O)O. The van der Waals surface area contributed by atoms with Crippen LogP contribution in [0.3, 0.4) is 0 Å². The third-order valence-electron chi connectivity index (χ3n) is 2.80. The molecule has 3 heteroatoms. The number of nitrogens with zero attached hydrogens (tertiary/aromatic N) is 1. The van der Waals surface area contributed by atoms with Crippen LogP contribution in [0, 0.1) is 5.92 Å². The van der Waals surface area contributed by atoms with Gasteiger partial charge in [0.1, 0.15) is 6.04 Å². The van der Waals surface area contributed by atoms with Crippen molar-refractivity contribution in [3.63, 3.8) is 0 Å². The lowest BCUT2D eigenvalue weighted by Gasteiger charge is -2.37. The summed E-state index contributed by atoms with van der Waals surface area (Å²) in [6, 6.07) is -0.242. The van der Waals surface area contributed by atoms with Crippen LogP contribution in [0.15, 0.2) is 0 Å². The third-order valence-corrected chi connectivity index (χ3v) is 2.80. The molecule has 1 aliphatic rings. The maximum atomic E-state index is 11.0. The van der Waals surface area contributed by atoms with Gasteiger partial charge in [0.05, 0.1) is 0 Å². The van der Waals surface area contributed by atoms with Crippen molar-refractivity contribution in [2.45, 2.75) is 39.2 Å². The first-order valence-electron chi connectivity index (χ1n) is 5.13. The largest absolute Gasteiger partial charge is 0.480 e. The molecule has 0 aromatic heterocycles. The second-order valence-electron chi connectivity index (χ2n) is 3.94. The van der Waals surface area contributed by atoms with E-state index in [0.29, 0.717) is 5.92 Å². The molecule has 0 saturated carbocycles. The molecule has 3 nitrogen and oxygen atoms in total. The molecule has 2 atom stereocenters. The molecule has 1 fully saturated rings. The van der Waals surface area contributed by atoms with Gasteiger partial charge in [-0.15, -0.1) is 0 Å². The zero-order chi connectivity index (χ0) is 9.84. The summed E-state index contributed by atoms with van der Waals surface area (Å²) in [4.78, 5) is 13.1. The monoisotopic (exact) mass is 185 g/mol. The molecule has 0 aliphatic carbocycles. The minimum atomic E-state index is -0.652. The number of rotatable bonds is 3. The first-order chi connectivity index (χ1) is 6.16. The number of hydrogen-bond donors (Lipinski definition) is 1. The summed E-state index contributed by atoms with van der Waals surface area (Å²) in [5.74, 6) is -0.349. The van der Waals surface area contributed by atoms with Crippen LogP contribution in [0.5, 0.6) is 0 Å². The maximum absolute atomic E-state index is 11.0. The Bertz CT molecular complexity index is 180. The number of carboxylic acid groups (broad SMARTS) is 1. The van der Waals surface area contributed by atoms with Crippen LogP contribution < -0.4 is 0 Å². The summed E-state index contributed by atoms with van der Waals surface area (Å²) in [6.07, 6.45) is 3.23. The molecule has 0 radical (unpaired) electrons. The first-order valence-corrected chi connectivity index (χ1v) is 5.13. The lowest BCUT2D eigenvalue weighted by atomic mass is 9.91. The second-order valence-corrected chi connectivity index (χ2v) is 3.94. The Balaban J connectivity index is 2.62. The number of carbonyl (C=O) groups is 1. The standard InChI is InChI=1S/C10H19NO2/c1-3-6-11-7-4-5-8(2)9(11)10(12)13/h8-9H,3-7H2,1-2H3,(H,12,13). The molecular weight excluding hydrogens is 166 g/mol. The molecule has 1 heterocycles. The molecular formula is C10H19NO2. The lowest BCUT2D eigenvalue weighted by molar-refractivity contribution is -0.146. The van der Waals surface area contributed by atoms with Crippen LogP contribution in [0.4, 0.5) is 0 Å². The highest BCUT2D eigenvalue weighted by Gasteiger charge is 2.33. The lowest BCUT2D eigenvalue weighted by Crippen LogP contribution is -2.49. The van der Waals surface area contributed by atoms with Gasteiger partial charge in [-0.3, -0.25) is 9.69 Å². The zero-order valence-electron chi connectivity index (χ0n) is 8.49. The Morgan fingerprint density at radius 3 is 2.85 bits per heavy atom. The highest BCUT2D eigenvalue weighted by atomic mass is 16.4. The summed E-state index contributed by atoms with van der Waals surface area (Å²) >= 11 is 0. The molecule has 0 aromatic carbocycles. The molecule has 0 spiro atoms. The molecule has 76 valence electrons. The van der Waals surface area contributed by atoms with Gasteiger partial charge in [-0.25, -0.2) is 0 Å². The molecule has 1 saturated heterocycles. The number of aliphatic carboxylic acids is 1. The van der Waals surface area contributed by atoms with Gasteiger partial charge in [-0.1, -0.05) is 13.8 Å². The van der Waals surface area contributed by atoms with Gasteiger partial charge in [-0.2, -0.15) is 0 Å². The number of likely N-dealkylation sites (tertiary alicyclic amines) is 1. The van der Waals surface area contributed by atoms with Crippen molar-refractivity contribution >= 4 is 5.97 Å². The molecule has 1 rings (SSSR count). The van der Waals surface area contributed by atoms with Crippen molar-refractivity contribution in [3.8, 4) is 0 Å². The van der Waals surface area contributed by atoms with Crippen molar-refractivity contribution in [3.05, 3.63) is 0 Å². The van der Waals surface area contributed by atoms with Crippen molar-refractivity contribution in [1.82, 2.24) is 4.90 Å². The zero-order valence-corrected chi connectivity index (χ0v) is 8.49. The third kappa shape index (κ3) is 2.44. The predicted octanol–water partition coefficient (Wildman–Crippen LogP) is 1.58. The Labute approximate surface area is 79.7 Å². The fourth-order valence-electron chi connectivity index (χ4n) is 2.21. The number of carboxylic acids is 1. The first kappa shape index (κ1) is 10.5. The molecule has 13 heavy (non-hydrogen) atoms. The summed E-state index contributed by atoms with van der Waals surface area (Å²) < 4.78 is 0. The van der Waals surface area contributed by atoms with Crippen LogP contribution in [0.1, 0.15) is 33.1 Å². The van der Waals surface area contributed by atoms with E-state index in [0.717, 1.165) is 32.4 Å². The number of piperidine rings is 1.